The van der Waals surface area contributed by atoms with Crippen LogP contribution in [0.1, 0.15) is 11.1 Å². The number of alkyl halides is 3. The fourth-order valence-corrected chi connectivity index (χ4v) is 3.34. The molecule has 6 nitrogen and oxygen atoms in total. The number of amides is 2. The van der Waals surface area contributed by atoms with E-state index < -0.39 is 11.7 Å². The first-order valence-corrected chi connectivity index (χ1v) is 9.39. The Bertz CT molecular complexity index is 854. The maximum Gasteiger partial charge on any atom is 0.416 e. The van der Waals surface area contributed by atoms with E-state index in [1.165, 1.54) is 12.1 Å². The Morgan fingerprint density at radius 2 is 1.83 bits per heavy atom. The van der Waals surface area contributed by atoms with Crippen molar-refractivity contribution >= 4 is 29.1 Å². The number of aliphatic hydroxyl groups is 1. The van der Waals surface area contributed by atoms with Gasteiger partial charge in [0.25, 0.3) is 0 Å². The predicted octanol–water partition coefficient (Wildman–Crippen LogP) is 3.64. The average molecular weight is 429 g/mol. The lowest BCUT2D eigenvalue weighted by molar-refractivity contribution is -0.137. The molecular formula is C19H20ClF3N4O2. The molecule has 0 unspecified atom stereocenters. The number of rotatable bonds is 4. The highest BCUT2D eigenvalue weighted by Gasteiger charge is 2.30. The van der Waals surface area contributed by atoms with E-state index in [0.717, 1.165) is 17.7 Å². The second-order valence-electron chi connectivity index (χ2n) is 6.60. The summed E-state index contributed by atoms with van der Waals surface area (Å²) in [4.78, 5) is 20.3. The van der Waals surface area contributed by atoms with Crippen LogP contribution in [0.4, 0.5) is 29.5 Å². The van der Waals surface area contributed by atoms with E-state index in [4.69, 9.17) is 16.7 Å². The molecule has 1 aromatic carbocycles. The van der Waals surface area contributed by atoms with E-state index in [9.17, 15) is 18.0 Å². The van der Waals surface area contributed by atoms with Crippen molar-refractivity contribution in [2.75, 3.05) is 43.0 Å². The number of benzene rings is 1. The molecule has 3 rings (SSSR count). The Balaban J connectivity index is 1.56. The first-order chi connectivity index (χ1) is 13.8. The third-order valence-corrected chi connectivity index (χ3v) is 4.89. The minimum absolute atomic E-state index is 0.0179. The van der Waals surface area contributed by atoms with Gasteiger partial charge < -0.3 is 20.2 Å². The highest BCUT2D eigenvalue weighted by Crippen LogP contribution is 2.30. The van der Waals surface area contributed by atoms with Crippen molar-refractivity contribution in [3.63, 3.8) is 0 Å². The number of pyridine rings is 1. The standard InChI is InChI=1S/C19H20ClF3N4O2/c20-16-11-13(5-10-28)12-24-17(16)26-6-8-27(9-7-26)18(29)25-15-3-1-14(2-4-15)19(21,22)23/h1-4,11-12,28H,5-10H2,(H,25,29). The minimum atomic E-state index is -4.41. The molecular weight excluding hydrogens is 409 g/mol. The SMILES string of the molecule is O=C(Nc1ccc(C(F)(F)F)cc1)N1CCN(c2ncc(CCO)cc2Cl)CC1. The lowest BCUT2D eigenvalue weighted by atomic mass is 10.2. The summed E-state index contributed by atoms with van der Waals surface area (Å²) in [5.41, 5.74) is 0.379. The van der Waals surface area contributed by atoms with Crippen molar-refractivity contribution in [3.05, 3.63) is 52.7 Å². The van der Waals surface area contributed by atoms with Crippen LogP contribution in [-0.4, -0.2) is 53.8 Å². The van der Waals surface area contributed by atoms with E-state index in [0.29, 0.717) is 49.1 Å². The Morgan fingerprint density at radius 1 is 1.17 bits per heavy atom. The molecule has 0 bridgehead atoms. The summed E-state index contributed by atoms with van der Waals surface area (Å²) < 4.78 is 37.8. The zero-order chi connectivity index (χ0) is 21.0. The largest absolute Gasteiger partial charge is 0.416 e. The van der Waals surface area contributed by atoms with Crippen LogP contribution in [0, 0.1) is 0 Å². The summed E-state index contributed by atoms with van der Waals surface area (Å²) in [6, 6.07) is 5.72. The van der Waals surface area contributed by atoms with Crippen LogP contribution in [0.3, 0.4) is 0 Å². The van der Waals surface area contributed by atoms with Crippen LogP contribution >= 0.6 is 11.6 Å². The van der Waals surface area contributed by atoms with Crippen LogP contribution in [0.2, 0.25) is 5.02 Å². The third-order valence-electron chi connectivity index (χ3n) is 4.61. The molecule has 29 heavy (non-hydrogen) atoms. The molecule has 1 aliphatic rings. The molecule has 1 aliphatic heterocycles. The number of hydrogen-bond donors (Lipinski definition) is 2. The van der Waals surface area contributed by atoms with Crippen LogP contribution in [0.25, 0.3) is 0 Å². The minimum Gasteiger partial charge on any atom is -0.396 e. The number of urea groups is 1. The number of carbonyl (C=O) groups excluding carboxylic acids is 1. The second kappa shape index (κ2) is 8.87. The molecule has 2 heterocycles. The van der Waals surface area contributed by atoms with Gasteiger partial charge in [-0.05, 0) is 42.3 Å². The molecule has 2 aromatic rings. The first-order valence-electron chi connectivity index (χ1n) is 9.01. The zero-order valence-corrected chi connectivity index (χ0v) is 16.2. The normalized spacial score (nSPS) is 14.8. The van der Waals surface area contributed by atoms with Gasteiger partial charge in [0.2, 0.25) is 0 Å². The maximum absolute atomic E-state index is 12.6. The van der Waals surface area contributed by atoms with Crippen molar-refractivity contribution in [2.45, 2.75) is 12.6 Å². The highest BCUT2D eigenvalue weighted by molar-refractivity contribution is 6.33. The topological polar surface area (TPSA) is 68.7 Å². The Labute approximate surface area is 170 Å². The molecule has 0 saturated carbocycles. The van der Waals surface area contributed by atoms with Crippen LogP contribution in [-0.2, 0) is 12.6 Å². The number of halogens is 4. The van der Waals surface area contributed by atoms with Crippen molar-refractivity contribution in [1.29, 1.82) is 0 Å². The van der Waals surface area contributed by atoms with E-state index in [1.54, 1.807) is 17.2 Å². The van der Waals surface area contributed by atoms with Crippen molar-refractivity contribution < 1.29 is 23.1 Å². The van der Waals surface area contributed by atoms with Gasteiger partial charge >= 0.3 is 12.2 Å². The molecule has 1 saturated heterocycles. The predicted molar refractivity (Wildman–Crippen MR) is 104 cm³/mol. The van der Waals surface area contributed by atoms with E-state index in [1.807, 2.05) is 4.90 Å². The molecule has 10 heteroatoms. The smallest absolute Gasteiger partial charge is 0.396 e. The molecule has 0 aliphatic carbocycles. The molecule has 156 valence electrons. The zero-order valence-electron chi connectivity index (χ0n) is 15.4. The van der Waals surface area contributed by atoms with E-state index in [2.05, 4.69) is 10.3 Å². The van der Waals surface area contributed by atoms with Gasteiger partial charge in [0.1, 0.15) is 5.82 Å². The van der Waals surface area contributed by atoms with Gasteiger partial charge in [-0.3, -0.25) is 0 Å². The first kappa shape index (κ1) is 21.2. The Morgan fingerprint density at radius 3 is 2.38 bits per heavy atom. The average Bonchev–Trinajstić information content (AvgIpc) is 2.68. The number of hydrogen-bond acceptors (Lipinski definition) is 4. The van der Waals surface area contributed by atoms with Gasteiger partial charge in [0.15, 0.2) is 0 Å². The summed E-state index contributed by atoms with van der Waals surface area (Å²) in [7, 11) is 0. The number of aromatic nitrogens is 1. The molecule has 1 aromatic heterocycles. The lowest BCUT2D eigenvalue weighted by Crippen LogP contribution is -2.50. The lowest BCUT2D eigenvalue weighted by Gasteiger charge is -2.35. The van der Waals surface area contributed by atoms with Gasteiger partial charge in [-0.25, -0.2) is 9.78 Å². The molecule has 0 atom stereocenters. The number of anilines is 2. The summed E-state index contributed by atoms with van der Waals surface area (Å²) in [5.74, 6) is 0.621. The summed E-state index contributed by atoms with van der Waals surface area (Å²) in [6.45, 7) is 1.90. The summed E-state index contributed by atoms with van der Waals surface area (Å²) in [6.07, 6.45) is -2.27. The molecule has 1 fully saturated rings. The maximum atomic E-state index is 12.6. The summed E-state index contributed by atoms with van der Waals surface area (Å²) >= 11 is 6.29. The van der Waals surface area contributed by atoms with Crippen molar-refractivity contribution in [3.8, 4) is 0 Å². The van der Waals surface area contributed by atoms with Gasteiger partial charge in [0, 0.05) is 44.7 Å². The van der Waals surface area contributed by atoms with Crippen molar-refractivity contribution in [1.82, 2.24) is 9.88 Å². The number of nitrogens with zero attached hydrogens (tertiary/aromatic N) is 3. The van der Waals surface area contributed by atoms with Gasteiger partial charge in [-0.15, -0.1) is 0 Å². The molecule has 0 radical (unpaired) electrons. The molecule has 2 N–H and O–H groups in total. The quantitative estimate of drug-likeness (QED) is 0.780. The number of carbonyl (C=O) groups is 1. The number of piperazine rings is 1. The van der Waals surface area contributed by atoms with Crippen LogP contribution < -0.4 is 10.2 Å². The van der Waals surface area contributed by atoms with Gasteiger partial charge in [-0.2, -0.15) is 13.2 Å². The number of aliphatic hydroxyl groups excluding tert-OH is 1. The second-order valence-corrected chi connectivity index (χ2v) is 7.01. The fraction of sp³-hybridized carbons (Fsp3) is 0.368. The monoisotopic (exact) mass is 428 g/mol. The van der Waals surface area contributed by atoms with Gasteiger partial charge in [-0.1, -0.05) is 11.6 Å². The van der Waals surface area contributed by atoms with Gasteiger partial charge in [0.05, 0.1) is 10.6 Å². The van der Waals surface area contributed by atoms with E-state index >= 15 is 0 Å². The van der Waals surface area contributed by atoms with E-state index in [-0.39, 0.29) is 12.6 Å². The highest BCUT2D eigenvalue weighted by atomic mass is 35.5. The molecule has 2 amide bonds. The third kappa shape index (κ3) is 5.30. The molecule has 0 spiro atoms. The van der Waals surface area contributed by atoms with Crippen molar-refractivity contribution in [2.24, 2.45) is 0 Å². The fourth-order valence-electron chi connectivity index (χ4n) is 3.04. The van der Waals surface area contributed by atoms with Crippen LogP contribution in [0.15, 0.2) is 36.5 Å². The summed E-state index contributed by atoms with van der Waals surface area (Å²) in [5, 5.41) is 12.1. The Hall–Kier alpha value is -2.52. The Kier molecular flexibility index (Phi) is 6.49. The number of nitrogens with one attached hydrogen (secondary N) is 1. The van der Waals surface area contributed by atoms with Crippen LogP contribution in [0.5, 0.6) is 0 Å².